The van der Waals surface area contributed by atoms with E-state index in [0.29, 0.717) is 11.8 Å². The van der Waals surface area contributed by atoms with Gasteiger partial charge in [0.2, 0.25) is 5.91 Å². The van der Waals surface area contributed by atoms with Crippen LogP contribution >= 0.6 is 0 Å². The Hall–Kier alpha value is -0.585. The molecule has 0 radical (unpaired) electrons. The molecule has 5 nitrogen and oxygen atoms in total. The Morgan fingerprint density at radius 3 is 2.16 bits per heavy atom. The van der Waals surface area contributed by atoms with Gasteiger partial charge in [0.25, 0.3) is 0 Å². The molecule has 0 aromatic rings. The zero-order chi connectivity index (χ0) is 23.8. The number of nitrogens with one attached hydrogen (secondary N) is 1. The van der Waals surface area contributed by atoms with E-state index in [-0.39, 0.29) is 35.2 Å². The normalized spacial score (nSPS) is 32.9. The second-order valence-corrected chi connectivity index (χ2v) is 13.1. The van der Waals surface area contributed by atoms with Crippen molar-refractivity contribution in [1.29, 1.82) is 0 Å². The number of amides is 1. The fraction of sp³-hybridized carbons (Fsp3) is 0.962. The maximum absolute atomic E-state index is 13.5. The van der Waals surface area contributed by atoms with Crippen LogP contribution in [0.3, 0.4) is 0 Å². The SMILES string of the molecule is CC(C)(C)NC(=O)C1(C)CC(CCB2OC(C)(C)C(C)(C)O2)CCC1CCN1CCCC1. The maximum atomic E-state index is 13.5. The number of nitrogens with zero attached hydrogens (tertiary/aromatic N) is 1. The van der Waals surface area contributed by atoms with Gasteiger partial charge in [0.05, 0.1) is 11.2 Å². The van der Waals surface area contributed by atoms with E-state index in [2.05, 4.69) is 65.6 Å². The molecule has 1 N–H and O–H groups in total. The van der Waals surface area contributed by atoms with Gasteiger partial charge in [-0.2, -0.15) is 0 Å². The molecule has 2 aliphatic heterocycles. The second kappa shape index (κ2) is 9.58. The highest BCUT2D eigenvalue weighted by atomic mass is 16.7. The van der Waals surface area contributed by atoms with E-state index >= 15 is 0 Å². The summed E-state index contributed by atoms with van der Waals surface area (Å²) in [5.41, 5.74) is -1.04. The lowest BCUT2D eigenvalue weighted by atomic mass is 9.60. The largest absolute Gasteiger partial charge is 0.457 e. The molecule has 6 heteroatoms. The summed E-state index contributed by atoms with van der Waals surface area (Å²) in [6, 6.07) is 0. The summed E-state index contributed by atoms with van der Waals surface area (Å²) in [6.45, 7) is 20.6. The smallest absolute Gasteiger partial charge is 0.403 e. The lowest BCUT2D eigenvalue weighted by molar-refractivity contribution is -0.138. The fourth-order valence-corrected chi connectivity index (χ4v) is 5.89. The third-order valence-electron chi connectivity index (χ3n) is 8.65. The molecule has 0 spiro atoms. The molecular weight excluding hydrogens is 399 g/mol. The molecule has 3 fully saturated rings. The summed E-state index contributed by atoms with van der Waals surface area (Å²) < 4.78 is 12.5. The highest BCUT2D eigenvalue weighted by Crippen LogP contribution is 2.48. The summed E-state index contributed by atoms with van der Waals surface area (Å²) in [5.74, 6) is 1.25. The van der Waals surface area contributed by atoms with Gasteiger partial charge in [-0.1, -0.05) is 19.8 Å². The van der Waals surface area contributed by atoms with Crippen molar-refractivity contribution in [3.63, 3.8) is 0 Å². The minimum absolute atomic E-state index is 0.137. The van der Waals surface area contributed by atoms with Crippen molar-refractivity contribution in [2.45, 2.75) is 123 Å². The van der Waals surface area contributed by atoms with Gasteiger partial charge in [-0.15, -0.1) is 0 Å². The Kier molecular flexibility index (Phi) is 7.79. The second-order valence-electron chi connectivity index (χ2n) is 13.1. The van der Waals surface area contributed by atoms with Crippen LogP contribution in [0.4, 0.5) is 0 Å². The number of rotatable bonds is 7. The Morgan fingerprint density at radius 1 is 1.00 bits per heavy atom. The summed E-state index contributed by atoms with van der Waals surface area (Å²) >= 11 is 0. The van der Waals surface area contributed by atoms with Crippen LogP contribution in [0.5, 0.6) is 0 Å². The number of carbonyl (C=O) groups excluding carboxylic acids is 1. The Balaban J connectivity index is 1.62. The lowest BCUT2D eigenvalue weighted by Gasteiger charge is -2.45. The first-order chi connectivity index (χ1) is 14.7. The number of likely N-dealkylation sites (tertiary alicyclic amines) is 1. The monoisotopic (exact) mass is 448 g/mol. The van der Waals surface area contributed by atoms with Crippen molar-refractivity contribution in [2.24, 2.45) is 17.3 Å². The van der Waals surface area contributed by atoms with Gasteiger partial charge in [-0.05, 0) is 118 Å². The van der Waals surface area contributed by atoms with Gasteiger partial charge >= 0.3 is 7.12 Å². The van der Waals surface area contributed by atoms with Crippen molar-refractivity contribution in [3.8, 4) is 0 Å². The van der Waals surface area contributed by atoms with E-state index in [0.717, 1.165) is 38.5 Å². The van der Waals surface area contributed by atoms with E-state index in [9.17, 15) is 4.79 Å². The molecule has 0 aromatic heterocycles. The van der Waals surface area contributed by atoms with Crippen LogP contribution in [0, 0.1) is 17.3 Å². The molecule has 3 rings (SSSR count). The van der Waals surface area contributed by atoms with E-state index in [1.165, 1.54) is 32.4 Å². The zero-order valence-electron chi connectivity index (χ0n) is 22.2. The predicted octanol–water partition coefficient (Wildman–Crippen LogP) is 5.29. The number of hydrogen-bond donors (Lipinski definition) is 1. The van der Waals surface area contributed by atoms with E-state index in [1.54, 1.807) is 0 Å². The standard InChI is InChI=1S/C26H49BN2O3/c1-23(2,3)28-22(30)26(8)19-20(11-12-21(26)14-18-29-16-9-10-17-29)13-15-27-31-24(4,5)25(6,7)32-27/h20-21H,9-19H2,1-8H3,(H,28,30). The molecule has 0 aromatic carbocycles. The van der Waals surface area contributed by atoms with Crippen LogP contribution in [-0.2, 0) is 14.1 Å². The van der Waals surface area contributed by atoms with Crippen LogP contribution in [-0.4, -0.2) is 54.3 Å². The van der Waals surface area contributed by atoms with Crippen molar-refractivity contribution in [1.82, 2.24) is 10.2 Å². The Labute approximate surface area is 197 Å². The van der Waals surface area contributed by atoms with Gasteiger partial charge in [-0.25, -0.2) is 0 Å². The molecule has 3 aliphatic rings. The lowest BCUT2D eigenvalue weighted by Crippen LogP contribution is -2.53. The van der Waals surface area contributed by atoms with Crippen LogP contribution in [0.2, 0.25) is 6.32 Å². The molecule has 0 bridgehead atoms. The molecule has 2 heterocycles. The van der Waals surface area contributed by atoms with Gasteiger partial charge in [0.15, 0.2) is 0 Å². The molecular formula is C26H49BN2O3. The summed E-state index contributed by atoms with van der Waals surface area (Å²) in [6.07, 6.45) is 9.09. The maximum Gasteiger partial charge on any atom is 0.457 e. The van der Waals surface area contributed by atoms with Crippen molar-refractivity contribution >= 4 is 13.0 Å². The predicted molar refractivity (Wildman–Crippen MR) is 133 cm³/mol. The van der Waals surface area contributed by atoms with Gasteiger partial charge in [0.1, 0.15) is 0 Å². The quantitative estimate of drug-likeness (QED) is 0.538. The summed E-state index contributed by atoms with van der Waals surface area (Å²) in [4.78, 5) is 16.1. The van der Waals surface area contributed by atoms with Gasteiger partial charge < -0.3 is 19.5 Å². The fourth-order valence-electron chi connectivity index (χ4n) is 5.89. The zero-order valence-corrected chi connectivity index (χ0v) is 22.2. The topological polar surface area (TPSA) is 50.8 Å². The van der Waals surface area contributed by atoms with Crippen molar-refractivity contribution < 1.29 is 14.1 Å². The van der Waals surface area contributed by atoms with Crippen molar-refractivity contribution in [3.05, 3.63) is 0 Å². The van der Waals surface area contributed by atoms with Crippen LogP contribution in [0.1, 0.15) is 100 Å². The minimum atomic E-state index is -0.300. The first-order valence-corrected chi connectivity index (χ1v) is 13.1. The molecule has 3 unspecified atom stereocenters. The third-order valence-corrected chi connectivity index (χ3v) is 8.65. The van der Waals surface area contributed by atoms with Crippen LogP contribution in [0.25, 0.3) is 0 Å². The summed E-state index contributed by atoms with van der Waals surface area (Å²) in [5, 5.41) is 3.32. The van der Waals surface area contributed by atoms with Crippen molar-refractivity contribution in [2.75, 3.05) is 19.6 Å². The van der Waals surface area contributed by atoms with Gasteiger partial charge in [-0.3, -0.25) is 4.79 Å². The Morgan fingerprint density at radius 2 is 1.59 bits per heavy atom. The van der Waals surface area contributed by atoms with Gasteiger partial charge in [0, 0.05) is 11.0 Å². The van der Waals surface area contributed by atoms with E-state index < -0.39 is 0 Å². The first-order valence-electron chi connectivity index (χ1n) is 13.1. The number of carbonyl (C=O) groups is 1. The van der Waals surface area contributed by atoms with E-state index in [4.69, 9.17) is 9.31 Å². The third kappa shape index (κ3) is 6.10. The van der Waals surface area contributed by atoms with Crippen LogP contribution < -0.4 is 5.32 Å². The molecule has 1 saturated carbocycles. The minimum Gasteiger partial charge on any atom is -0.403 e. The number of hydrogen-bond acceptors (Lipinski definition) is 4. The van der Waals surface area contributed by atoms with Crippen LogP contribution in [0.15, 0.2) is 0 Å². The molecule has 184 valence electrons. The Bertz CT molecular complexity index is 638. The highest BCUT2D eigenvalue weighted by Gasteiger charge is 2.51. The molecule has 1 amide bonds. The molecule has 32 heavy (non-hydrogen) atoms. The molecule has 1 aliphatic carbocycles. The summed E-state index contributed by atoms with van der Waals surface area (Å²) in [7, 11) is -0.137. The molecule has 3 atom stereocenters. The molecule has 2 saturated heterocycles. The highest BCUT2D eigenvalue weighted by molar-refractivity contribution is 6.45. The van der Waals surface area contributed by atoms with E-state index in [1.807, 2.05) is 0 Å². The average Bonchev–Trinajstić information content (AvgIpc) is 3.23. The average molecular weight is 449 g/mol. The first kappa shape index (κ1) is 26.0.